The summed E-state index contributed by atoms with van der Waals surface area (Å²) in [5.41, 5.74) is -3.53. The average molecular weight is 473 g/mol. The Balaban J connectivity index is 2.27. The molecule has 11 heteroatoms. The molecule has 1 aromatic carbocycles. The van der Waals surface area contributed by atoms with Gasteiger partial charge in [0.15, 0.2) is 0 Å². The quantitative estimate of drug-likeness (QED) is 0.732. The summed E-state index contributed by atoms with van der Waals surface area (Å²) >= 11 is 3.22. The standard InChI is InChI=1S/C16H20BrF3N2O4S/c1-10-9-22(27(25,26)13-6-4-12(17)5-7-13)11(2)8-21(10)14(23)15(3,24)16(18,19)20/h4-7,10-11,24H,8-9H2,1-3H3/t10-,11+,15+/m0/s1. The van der Waals surface area contributed by atoms with Crippen molar-refractivity contribution in [2.75, 3.05) is 13.1 Å². The van der Waals surface area contributed by atoms with E-state index in [0.717, 1.165) is 9.21 Å². The van der Waals surface area contributed by atoms with Gasteiger partial charge in [0.25, 0.3) is 5.91 Å². The third-order valence-corrected chi connectivity index (χ3v) is 7.10. The SMILES string of the molecule is C[C@@H]1CN(C(=O)[C@@](C)(O)C(F)(F)F)[C@@H](C)CN1S(=O)(=O)c1ccc(Br)cc1. The maximum absolute atomic E-state index is 13.0. The molecule has 0 aliphatic carbocycles. The number of piperazine rings is 1. The van der Waals surface area contributed by atoms with E-state index in [1.54, 1.807) is 12.1 Å². The summed E-state index contributed by atoms with van der Waals surface area (Å²) in [5.74, 6) is -1.49. The molecule has 1 aromatic rings. The molecule has 2 rings (SSSR count). The van der Waals surface area contributed by atoms with Gasteiger partial charge in [-0.3, -0.25) is 4.79 Å². The van der Waals surface area contributed by atoms with E-state index in [-0.39, 0.29) is 18.0 Å². The van der Waals surface area contributed by atoms with Crippen LogP contribution in [0.5, 0.6) is 0 Å². The van der Waals surface area contributed by atoms with Crippen LogP contribution in [0.15, 0.2) is 33.6 Å². The van der Waals surface area contributed by atoms with Gasteiger partial charge in [0.05, 0.1) is 4.90 Å². The highest BCUT2D eigenvalue weighted by molar-refractivity contribution is 9.10. The predicted octanol–water partition coefficient (Wildman–Crippen LogP) is 2.37. The number of hydrogen-bond donors (Lipinski definition) is 1. The minimum absolute atomic E-state index is 0.0480. The Labute approximate surface area is 164 Å². The molecule has 0 saturated carbocycles. The Morgan fingerprint density at radius 1 is 1.15 bits per heavy atom. The van der Waals surface area contributed by atoms with Gasteiger partial charge in [0, 0.05) is 29.6 Å². The lowest BCUT2D eigenvalue weighted by Crippen LogP contribution is -2.65. The van der Waals surface area contributed by atoms with Crippen LogP contribution >= 0.6 is 15.9 Å². The van der Waals surface area contributed by atoms with Crippen molar-refractivity contribution in [3.63, 3.8) is 0 Å². The molecule has 0 spiro atoms. The second-order valence-corrected chi connectivity index (χ2v) is 9.56. The molecule has 1 heterocycles. The minimum atomic E-state index is -5.13. The summed E-state index contributed by atoms with van der Waals surface area (Å²) in [6.45, 7) is 2.91. The molecule has 27 heavy (non-hydrogen) atoms. The Morgan fingerprint density at radius 2 is 1.67 bits per heavy atom. The molecule has 0 unspecified atom stereocenters. The smallest absolute Gasteiger partial charge is 0.373 e. The summed E-state index contributed by atoms with van der Waals surface area (Å²) < 4.78 is 66.5. The van der Waals surface area contributed by atoms with E-state index in [4.69, 9.17) is 0 Å². The first-order valence-electron chi connectivity index (χ1n) is 8.07. The first kappa shape index (κ1) is 22.1. The van der Waals surface area contributed by atoms with Crippen molar-refractivity contribution < 1.29 is 31.5 Å². The number of sulfonamides is 1. The zero-order valence-corrected chi connectivity index (χ0v) is 17.3. The lowest BCUT2D eigenvalue weighted by atomic mass is 10.0. The average Bonchev–Trinajstić information content (AvgIpc) is 2.55. The molecule has 0 bridgehead atoms. The maximum atomic E-state index is 13.0. The van der Waals surface area contributed by atoms with Crippen LogP contribution in [0, 0.1) is 0 Å². The molecule has 1 amide bonds. The number of carbonyl (C=O) groups excluding carboxylic acids is 1. The molecular weight excluding hydrogens is 453 g/mol. The lowest BCUT2D eigenvalue weighted by Gasteiger charge is -2.45. The first-order chi connectivity index (χ1) is 12.2. The van der Waals surface area contributed by atoms with Gasteiger partial charge in [0.2, 0.25) is 15.6 Å². The van der Waals surface area contributed by atoms with Gasteiger partial charge in [-0.15, -0.1) is 0 Å². The predicted molar refractivity (Wildman–Crippen MR) is 95.3 cm³/mol. The molecule has 1 N–H and O–H groups in total. The van der Waals surface area contributed by atoms with E-state index in [0.29, 0.717) is 11.4 Å². The largest absolute Gasteiger partial charge is 0.426 e. The van der Waals surface area contributed by atoms with Crippen molar-refractivity contribution in [2.24, 2.45) is 0 Å². The van der Waals surface area contributed by atoms with Crippen LogP contribution in [0.25, 0.3) is 0 Å². The van der Waals surface area contributed by atoms with E-state index in [1.807, 2.05) is 0 Å². The van der Waals surface area contributed by atoms with Gasteiger partial charge in [-0.05, 0) is 45.0 Å². The van der Waals surface area contributed by atoms with Crippen molar-refractivity contribution in [1.82, 2.24) is 9.21 Å². The molecule has 3 atom stereocenters. The number of aliphatic hydroxyl groups is 1. The van der Waals surface area contributed by atoms with Gasteiger partial charge in [-0.1, -0.05) is 15.9 Å². The van der Waals surface area contributed by atoms with Crippen molar-refractivity contribution in [3.05, 3.63) is 28.7 Å². The maximum Gasteiger partial charge on any atom is 0.426 e. The normalized spacial score (nSPS) is 24.5. The van der Waals surface area contributed by atoms with E-state index in [9.17, 15) is 31.5 Å². The monoisotopic (exact) mass is 472 g/mol. The van der Waals surface area contributed by atoms with Gasteiger partial charge in [0.1, 0.15) is 0 Å². The highest BCUT2D eigenvalue weighted by Gasteiger charge is 2.58. The number of hydrogen-bond acceptors (Lipinski definition) is 4. The van der Waals surface area contributed by atoms with Crippen LogP contribution < -0.4 is 0 Å². The van der Waals surface area contributed by atoms with Crippen molar-refractivity contribution >= 4 is 31.9 Å². The zero-order chi connectivity index (χ0) is 20.8. The molecule has 1 aliphatic rings. The van der Waals surface area contributed by atoms with Crippen LogP contribution in [0.4, 0.5) is 13.2 Å². The van der Waals surface area contributed by atoms with Gasteiger partial charge >= 0.3 is 6.18 Å². The molecule has 0 aromatic heterocycles. The third-order valence-electron chi connectivity index (χ3n) is 4.58. The number of nitrogens with zero attached hydrogens (tertiary/aromatic N) is 2. The highest BCUT2D eigenvalue weighted by atomic mass is 79.9. The molecule has 1 saturated heterocycles. The molecule has 1 aliphatic heterocycles. The summed E-state index contributed by atoms with van der Waals surface area (Å²) in [5, 5.41) is 9.65. The van der Waals surface area contributed by atoms with Crippen molar-refractivity contribution in [3.8, 4) is 0 Å². The molecule has 152 valence electrons. The van der Waals surface area contributed by atoms with Gasteiger partial charge < -0.3 is 10.0 Å². The van der Waals surface area contributed by atoms with E-state index in [1.165, 1.54) is 26.0 Å². The van der Waals surface area contributed by atoms with Gasteiger partial charge in [-0.2, -0.15) is 17.5 Å². The van der Waals surface area contributed by atoms with E-state index in [2.05, 4.69) is 15.9 Å². The number of alkyl halides is 3. The van der Waals surface area contributed by atoms with Crippen LogP contribution in [-0.4, -0.2) is 65.6 Å². The number of halogens is 4. The fourth-order valence-corrected chi connectivity index (χ4v) is 4.82. The van der Waals surface area contributed by atoms with Crippen LogP contribution in [0.3, 0.4) is 0 Å². The number of rotatable bonds is 3. The second kappa shape index (κ2) is 7.34. The van der Waals surface area contributed by atoms with Crippen molar-refractivity contribution in [2.45, 2.75) is 49.5 Å². The first-order valence-corrected chi connectivity index (χ1v) is 10.3. The van der Waals surface area contributed by atoms with Crippen molar-refractivity contribution in [1.29, 1.82) is 0 Å². The molecule has 0 radical (unpaired) electrons. The summed E-state index contributed by atoms with van der Waals surface area (Å²) in [7, 11) is -3.88. The topological polar surface area (TPSA) is 77.9 Å². The summed E-state index contributed by atoms with van der Waals surface area (Å²) in [6.07, 6.45) is -5.13. The zero-order valence-electron chi connectivity index (χ0n) is 14.9. The van der Waals surface area contributed by atoms with E-state index >= 15 is 0 Å². The summed E-state index contributed by atoms with van der Waals surface area (Å²) in [6, 6.07) is 4.38. The molecule has 6 nitrogen and oxygen atoms in total. The fourth-order valence-electron chi connectivity index (χ4n) is 2.86. The van der Waals surface area contributed by atoms with E-state index < -0.39 is 39.8 Å². The minimum Gasteiger partial charge on any atom is -0.373 e. The molecular formula is C16H20BrF3N2O4S. The molecule has 1 fully saturated rings. The Bertz CT molecular complexity index is 812. The number of carbonyl (C=O) groups is 1. The fraction of sp³-hybridized carbons (Fsp3) is 0.562. The Hall–Kier alpha value is -1.17. The number of benzene rings is 1. The van der Waals surface area contributed by atoms with Crippen LogP contribution in [0.1, 0.15) is 20.8 Å². The highest BCUT2D eigenvalue weighted by Crippen LogP contribution is 2.34. The van der Waals surface area contributed by atoms with Crippen LogP contribution in [0.2, 0.25) is 0 Å². The van der Waals surface area contributed by atoms with Gasteiger partial charge in [-0.25, -0.2) is 8.42 Å². The third kappa shape index (κ3) is 4.15. The lowest BCUT2D eigenvalue weighted by molar-refractivity contribution is -0.251. The second-order valence-electron chi connectivity index (χ2n) is 6.75. The summed E-state index contributed by atoms with van der Waals surface area (Å²) in [4.78, 5) is 13.2. The Kier molecular flexibility index (Phi) is 6.01. The van der Waals surface area contributed by atoms with Crippen LogP contribution in [-0.2, 0) is 14.8 Å². The Morgan fingerprint density at radius 3 is 2.15 bits per heavy atom. The number of amides is 1.